The topological polar surface area (TPSA) is 61.8 Å². The first-order valence-electron chi connectivity index (χ1n) is 8.59. The molecule has 0 saturated carbocycles. The molecule has 0 amide bonds. The van der Waals surface area contributed by atoms with Crippen LogP contribution in [0.2, 0.25) is 0 Å². The third-order valence-corrected chi connectivity index (χ3v) is 3.20. The molecule has 0 fully saturated rings. The molecule has 0 saturated heterocycles. The Bertz CT molecular complexity index is 278. The molecule has 5 nitrogen and oxygen atoms in total. The Balaban J connectivity index is 3.25. The lowest BCUT2D eigenvalue weighted by Crippen LogP contribution is -2.14. The molecule has 0 aliphatic carbocycles. The zero-order chi connectivity index (χ0) is 16.5. The van der Waals surface area contributed by atoms with Crippen molar-refractivity contribution in [2.75, 3.05) is 26.4 Å². The highest BCUT2D eigenvalue weighted by Gasteiger charge is 2.03. The molecule has 0 bridgehead atoms. The maximum absolute atomic E-state index is 11.4. The first-order chi connectivity index (χ1) is 10.7. The average Bonchev–Trinajstić information content (AvgIpc) is 2.51. The summed E-state index contributed by atoms with van der Waals surface area (Å²) < 4.78 is 15.3. The summed E-state index contributed by atoms with van der Waals surface area (Å²) in [7, 11) is 0. The van der Waals surface area contributed by atoms with Crippen molar-refractivity contribution in [3.8, 4) is 0 Å². The quantitative estimate of drug-likeness (QED) is 0.341. The van der Waals surface area contributed by atoms with Crippen LogP contribution in [0.5, 0.6) is 0 Å². The smallest absolute Gasteiger partial charge is 0.305 e. The van der Waals surface area contributed by atoms with Gasteiger partial charge >= 0.3 is 11.9 Å². The van der Waals surface area contributed by atoms with E-state index in [0.717, 1.165) is 44.9 Å². The summed E-state index contributed by atoms with van der Waals surface area (Å²) in [4.78, 5) is 22.7. The molecule has 0 N–H and O–H groups in total. The Morgan fingerprint density at radius 3 is 1.59 bits per heavy atom. The summed E-state index contributed by atoms with van der Waals surface area (Å²) in [5.41, 5.74) is 0. The van der Waals surface area contributed by atoms with Gasteiger partial charge in [0, 0.05) is 12.8 Å². The van der Waals surface area contributed by atoms with Crippen LogP contribution in [0.1, 0.15) is 71.6 Å². The van der Waals surface area contributed by atoms with E-state index in [2.05, 4.69) is 13.8 Å². The van der Waals surface area contributed by atoms with E-state index >= 15 is 0 Å². The van der Waals surface area contributed by atoms with Crippen LogP contribution in [-0.2, 0) is 23.8 Å². The van der Waals surface area contributed by atoms with Crippen molar-refractivity contribution in [3.05, 3.63) is 0 Å². The molecule has 0 unspecified atom stereocenters. The normalized spacial score (nSPS) is 10.5. The Morgan fingerprint density at radius 2 is 1.09 bits per heavy atom. The standard InChI is InChI=1S/C17H32O5/c1-3-5-7-9-11-17(19)22-15-13-20-12-14-21-16(18)10-8-6-4-2/h3-15H2,1-2H3. The second kappa shape index (κ2) is 16.3. The van der Waals surface area contributed by atoms with Crippen LogP contribution in [0.25, 0.3) is 0 Å². The molecule has 0 aromatic rings. The first-order valence-corrected chi connectivity index (χ1v) is 8.59. The van der Waals surface area contributed by atoms with Gasteiger partial charge in [0.05, 0.1) is 13.2 Å². The van der Waals surface area contributed by atoms with Gasteiger partial charge in [-0.3, -0.25) is 9.59 Å². The molecule has 0 heterocycles. The van der Waals surface area contributed by atoms with Crippen LogP contribution in [-0.4, -0.2) is 38.4 Å². The fraction of sp³-hybridized carbons (Fsp3) is 0.882. The van der Waals surface area contributed by atoms with Crippen molar-refractivity contribution in [2.45, 2.75) is 71.6 Å². The predicted octanol–water partition coefficient (Wildman–Crippen LogP) is 3.64. The van der Waals surface area contributed by atoms with Crippen LogP contribution in [0.4, 0.5) is 0 Å². The van der Waals surface area contributed by atoms with Crippen LogP contribution < -0.4 is 0 Å². The highest BCUT2D eigenvalue weighted by Crippen LogP contribution is 2.03. The number of unbranched alkanes of at least 4 members (excludes halogenated alkanes) is 5. The van der Waals surface area contributed by atoms with Crippen molar-refractivity contribution in [3.63, 3.8) is 0 Å². The van der Waals surface area contributed by atoms with Gasteiger partial charge in [-0.05, 0) is 12.8 Å². The lowest BCUT2D eigenvalue weighted by atomic mass is 10.2. The van der Waals surface area contributed by atoms with Crippen LogP contribution in [0, 0.1) is 0 Å². The van der Waals surface area contributed by atoms with Crippen molar-refractivity contribution in [1.29, 1.82) is 0 Å². The number of carbonyl (C=O) groups is 2. The summed E-state index contributed by atoms with van der Waals surface area (Å²) in [6, 6.07) is 0. The molecular weight excluding hydrogens is 284 g/mol. The van der Waals surface area contributed by atoms with Gasteiger partial charge in [0.25, 0.3) is 0 Å². The van der Waals surface area contributed by atoms with Gasteiger partial charge in [0.2, 0.25) is 0 Å². The molecule has 0 rings (SSSR count). The van der Waals surface area contributed by atoms with Gasteiger partial charge in [-0.2, -0.15) is 0 Å². The summed E-state index contributed by atoms with van der Waals surface area (Å²) in [5, 5.41) is 0. The molecule has 0 atom stereocenters. The molecule has 5 heteroatoms. The molecule has 22 heavy (non-hydrogen) atoms. The van der Waals surface area contributed by atoms with Gasteiger partial charge in [-0.15, -0.1) is 0 Å². The highest BCUT2D eigenvalue weighted by atomic mass is 16.6. The SMILES string of the molecule is CCCCCCC(=O)OCCOCCOC(=O)CCCCC. The maximum atomic E-state index is 11.4. The average molecular weight is 316 g/mol. The van der Waals surface area contributed by atoms with E-state index in [1.165, 1.54) is 0 Å². The van der Waals surface area contributed by atoms with Gasteiger partial charge in [0.1, 0.15) is 13.2 Å². The van der Waals surface area contributed by atoms with Crippen molar-refractivity contribution in [1.82, 2.24) is 0 Å². The van der Waals surface area contributed by atoms with E-state index in [0.29, 0.717) is 26.1 Å². The Labute approximate surface area is 134 Å². The van der Waals surface area contributed by atoms with Gasteiger partial charge in [-0.1, -0.05) is 46.0 Å². The summed E-state index contributed by atoms with van der Waals surface area (Å²) >= 11 is 0. The molecule has 0 aliphatic rings. The molecule has 0 radical (unpaired) electrons. The van der Waals surface area contributed by atoms with E-state index < -0.39 is 0 Å². The predicted molar refractivity (Wildman–Crippen MR) is 85.6 cm³/mol. The monoisotopic (exact) mass is 316 g/mol. The van der Waals surface area contributed by atoms with Crippen molar-refractivity contribution < 1.29 is 23.8 Å². The second-order valence-corrected chi connectivity index (χ2v) is 5.32. The van der Waals surface area contributed by atoms with Crippen molar-refractivity contribution >= 4 is 11.9 Å². The Hall–Kier alpha value is -1.10. The highest BCUT2D eigenvalue weighted by molar-refractivity contribution is 5.69. The lowest BCUT2D eigenvalue weighted by molar-refractivity contribution is -0.146. The summed E-state index contributed by atoms with van der Waals surface area (Å²) in [6.45, 7) is 5.43. The maximum Gasteiger partial charge on any atom is 0.305 e. The number of carbonyl (C=O) groups excluding carboxylic acids is 2. The van der Waals surface area contributed by atoms with E-state index in [9.17, 15) is 9.59 Å². The Kier molecular flexibility index (Phi) is 15.5. The number of hydrogen-bond acceptors (Lipinski definition) is 5. The molecular formula is C17H32O5. The number of esters is 2. The van der Waals surface area contributed by atoms with Gasteiger partial charge < -0.3 is 14.2 Å². The van der Waals surface area contributed by atoms with Gasteiger partial charge in [0.15, 0.2) is 0 Å². The van der Waals surface area contributed by atoms with Gasteiger partial charge in [-0.25, -0.2) is 0 Å². The lowest BCUT2D eigenvalue weighted by Gasteiger charge is -2.07. The minimum Gasteiger partial charge on any atom is -0.463 e. The second-order valence-electron chi connectivity index (χ2n) is 5.32. The van der Waals surface area contributed by atoms with E-state index in [1.807, 2.05) is 0 Å². The minimum absolute atomic E-state index is 0.165. The van der Waals surface area contributed by atoms with Crippen molar-refractivity contribution in [2.24, 2.45) is 0 Å². The minimum atomic E-state index is -0.171. The summed E-state index contributed by atoms with van der Waals surface area (Å²) in [6.07, 6.45) is 8.26. The third-order valence-electron chi connectivity index (χ3n) is 3.20. The third kappa shape index (κ3) is 15.3. The summed E-state index contributed by atoms with van der Waals surface area (Å²) in [5.74, 6) is -0.336. The van der Waals surface area contributed by atoms with E-state index in [4.69, 9.17) is 14.2 Å². The van der Waals surface area contributed by atoms with Crippen LogP contribution >= 0.6 is 0 Å². The van der Waals surface area contributed by atoms with E-state index in [1.54, 1.807) is 0 Å². The molecule has 0 spiro atoms. The first kappa shape index (κ1) is 20.9. The molecule has 0 aliphatic heterocycles. The fourth-order valence-corrected chi connectivity index (χ4v) is 1.89. The molecule has 0 aromatic carbocycles. The number of hydrogen-bond donors (Lipinski definition) is 0. The zero-order valence-corrected chi connectivity index (χ0v) is 14.2. The molecule has 0 aromatic heterocycles. The zero-order valence-electron chi connectivity index (χ0n) is 14.2. The van der Waals surface area contributed by atoms with E-state index in [-0.39, 0.29) is 25.2 Å². The number of ether oxygens (including phenoxy) is 3. The number of rotatable bonds is 15. The Morgan fingerprint density at radius 1 is 0.636 bits per heavy atom. The molecule has 130 valence electrons. The largest absolute Gasteiger partial charge is 0.463 e. The van der Waals surface area contributed by atoms with Crippen LogP contribution in [0.15, 0.2) is 0 Å². The van der Waals surface area contributed by atoms with Crippen LogP contribution in [0.3, 0.4) is 0 Å². The fourth-order valence-electron chi connectivity index (χ4n) is 1.89.